The van der Waals surface area contributed by atoms with E-state index in [1.165, 1.54) is 23.0 Å². The lowest BCUT2D eigenvalue weighted by Gasteiger charge is -2.05. The molecule has 0 spiro atoms. The van der Waals surface area contributed by atoms with Crippen LogP contribution in [0.2, 0.25) is 0 Å². The van der Waals surface area contributed by atoms with Crippen molar-refractivity contribution in [2.45, 2.75) is 13.8 Å². The molecule has 124 valence electrons. The first kappa shape index (κ1) is 15.7. The van der Waals surface area contributed by atoms with Crippen molar-refractivity contribution in [2.24, 2.45) is 12.2 Å². The molecule has 3 aromatic rings. The van der Waals surface area contributed by atoms with E-state index in [0.717, 1.165) is 6.07 Å². The quantitative estimate of drug-likeness (QED) is 0.437. The van der Waals surface area contributed by atoms with E-state index < -0.39 is 5.82 Å². The van der Waals surface area contributed by atoms with Crippen molar-refractivity contribution in [3.63, 3.8) is 0 Å². The predicted molar refractivity (Wildman–Crippen MR) is 84.6 cm³/mol. The molecule has 0 unspecified atom stereocenters. The van der Waals surface area contributed by atoms with Gasteiger partial charge in [0.2, 0.25) is 0 Å². The minimum absolute atomic E-state index is 0.178. The molecule has 0 aliphatic heterocycles. The molecule has 0 atom stereocenters. The summed E-state index contributed by atoms with van der Waals surface area (Å²) in [6.07, 6.45) is 1.22. The van der Waals surface area contributed by atoms with Gasteiger partial charge in [-0.2, -0.15) is 5.10 Å². The average Bonchev–Trinajstić information content (AvgIpc) is 3.00. The number of phenolic OH excluding ortho intramolecular Hbond substituents is 1. The van der Waals surface area contributed by atoms with Crippen LogP contribution in [0.15, 0.2) is 27.9 Å². The van der Waals surface area contributed by atoms with E-state index in [0.29, 0.717) is 34.0 Å². The van der Waals surface area contributed by atoms with Crippen LogP contribution >= 0.6 is 0 Å². The molecule has 1 aromatic carbocycles. The number of benzene rings is 1. The molecule has 2 aromatic heterocycles. The summed E-state index contributed by atoms with van der Waals surface area (Å²) in [5.74, 6) is -0.259. The number of oxime groups is 1. The molecule has 0 bridgehead atoms. The van der Waals surface area contributed by atoms with Crippen molar-refractivity contribution in [2.75, 3.05) is 0 Å². The van der Waals surface area contributed by atoms with Gasteiger partial charge in [0.25, 0.3) is 0 Å². The van der Waals surface area contributed by atoms with E-state index in [4.69, 9.17) is 9.73 Å². The highest BCUT2D eigenvalue weighted by Crippen LogP contribution is 2.38. The Bertz CT molecular complexity index is 924. The lowest BCUT2D eigenvalue weighted by Crippen LogP contribution is -1.98. The van der Waals surface area contributed by atoms with Crippen molar-refractivity contribution in [1.29, 1.82) is 0 Å². The van der Waals surface area contributed by atoms with Gasteiger partial charge in [-0.1, -0.05) is 10.3 Å². The second kappa shape index (κ2) is 5.80. The van der Waals surface area contributed by atoms with Gasteiger partial charge >= 0.3 is 0 Å². The Balaban J connectivity index is 2.37. The fraction of sp³-hybridized carbons (Fsp3) is 0.188. The Hall–Kier alpha value is -3.16. The van der Waals surface area contributed by atoms with Crippen LogP contribution in [-0.4, -0.2) is 31.5 Å². The molecular formula is C16H15FN4O3. The van der Waals surface area contributed by atoms with E-state index in [1.54, 1.807) is 20.9 Å². The Morgan fingerprint density at radius 3 is 2.62 bits per heavy atom. The molecule has 2 heterocycles. The Morgan fingerprint density at radius 1 is 1.29 bits per heavy atom. The molecule has 8 heteroatoms. The monoisotopic (exact) mass is 330 g/mol. The summed E-state index contributed by atoms with van der Waals surface area (Å²) < 4.78 is 21.0. The first-order valence-electron chi connectivity index (χ1n) is 7.10. The average molecular weight is 330 g/mol. The van der Waals surface area contributed by atoms with Crippen LogP contribution in [0.3, 0.4) is 0 Å². The SMILES string of the molecule is Cc1noc(C)c1-c1c(-c2ccc(O)cc2F)nn(C)c1C=NO. The fourth-order valence-corrected chi connectivity index (χ4v) is 2.71. The normalized spacial score (nSPS) is 11.5. The molecule has 7 nitrogen and oxygen atoms in total. The van der Waals surface area contributed by atoms with Gasteiger partial charge in [0, 0.05) is 24.2 Å². The zero-order valence-electron chi connectivity index (χ0n) is 13.3. The van der Waals surface area contributed by atoms with Gasteiger partial charge in [-0.05, 0) is 26.0 Å². The second-order valence-electron chi connectivity index (χ2n) is 5.34. The summed E-state index contributed by atoms with van der Waals surface area (Å²) >= 11 is 0. The minimum atomic E-state index is -0.617. The highest BCUT2D eigenvalue weighted by molar-refractivity contribution is 5.96. The number of nitrogens with zero attached hydrogens (tertiary/aromatic N) is 4. The number of aromatic nitrogens is 3. The van der Waals surface area contributed by atoms with Gasteiger partial charge in [-0.3, -0.25) is 4.68 Å². The summed E-state index contributed by atoms with van der Waals surface area (Å²) in [7, 11) is 1.65. The van der Waals surface area contributed by atoms with Crippen molar-refractivity contribution in [3.8, 4) is 28.1 Å². The van der Waals surface area contributed by atoms with Crippen LogP contribution in [0.25, 0.3) is 22.4 Å². The number of halogens is 1. The molecule has 24 heavy (non-hydrogen) atoms. The molecular weight excluding hydrogens is 315 g/mol. The van der Waals surface area contributed by atoms with E-state index in [1.807, 2.05) is 0 Å². The maximum absolute atomic E-state index is 14.4. The molecule has 3 rings (SSSR count). The lowest BCUT2D eigenvalue weighted by atomic mass is 9.97. The summed E-state index contributed by atoms with van der Waals surface area (Å²) in [4.78, 5) is 0. The van der Waals surface area contributed by atoms with Crippen molar-refractivity contribution in [3.05, 3.63) is 41.2 Å². The van der Waals surface area contributed by atoms with Gasteiger partial charge in [0.15, 0.2) is 0 Å². The molecule has 0 fully saturated rings. The number of phenols is 1. The summed E-state index contributed by atoms with van der Waals surface area (Å²) in [6, 6.07) is 3.83. The molecule has 0 saturated heterocycles. The highest BCUT2D eigenvalue weighted by Gasteiger charge is 2.25. The fourth-order valence-electron chi connectivity index (χ4n) is 2.71. The smallest absolute Gasteiger partial charge is 0.141 e. The molecule has 0 aliphatic carbocycles. The first-order valence-corrected chi connectivity index (χ1v) is 7.10. The van der Waals surface area contributed by atoms with Crippen LogP contribution in [0.4, 0.5) is 4.39 Å². The van der Waals surface area contributed by atoms with Crippen molar-refractivity contribution in [1.82, 2.24) is 14.9 Å². The number of rotatable bonds is 3. The predicted octanol–water partition coefficient (Wildman–Crippen LogP) is 3.01. The van der Waals surface area contributed by atoms with E-state index in [2.05, 4.69) is 15.4 Å². The van der Waals surface area contributed by atoms with Gasteiger partial charge in [-0.15, -0.1) is 0 Å². The molecule has 2 N–H and O–H groups in total. The van der Waals surface area contributed by atoms with E-state index in [-0.39, 0.29) is 11.3 Å². The Kier molecular flexibility index (Phi) is 3.80. The van der Waals surface area contributed by atoms with Crippen LogP contribution in [0, 0.1) is 19.7 Å². The minimum Gasteiger partial charge on any atom is -0.508 e. The Labute approximate surface area is 136 Å². The lowest BCUT2D eigenvalue weighted by molar-refractivity contribution is 0.321. The summed E-state index contributed by atoms with van der Waals surface area (Å²) in [5.41, 5.74) is 2.80. The van der Waals surface area contributed by atoms with Crippen LogP contribution in [-0.2, 0) is 7.05 Å². The zero-order valence-corrected chi connectivity index (χ0v) is 13.3. The third-order valence-electron chi connectivity index (χ3n) is 3.76. The third kappa shape index (κ3) is 2.41. The standard InChI is InChI=1S/C16H15FN4O3/c1-8-14(9(2)24-20-8)15-13(7-18-23)21(3)19-16(15)11-5-4-10(22)6-12(11)17/h4-7,22-23H,1-3H3. The molecule has 0 amide bonds. The first-order chi connectivity index (χ1) is 11.4. The second-order valence-corrected chi connectivity index (χ2v) is 5.34. The van der Waals surface area contributed by atoms with E-state index in [9.17, 15) is 9.50 Å². The number of hydrogen-bond donors (Lipinski definition) is 2. The number of aromatic hydroxyl groups is 1. The zero-order chi connectivity index (χ0) is 17.4. The summed E-state index contributed by atoms with van der Waals surface area (Å²) in [6.45, 7) is 3.49. The largest absolute Gasteiger partial charge is 0.508 e. The topological polar surface area (TPSA) is 96.7 Å². The van der Waals surface area contributed by atoms with Crippen LogP contribution in [0.5, 0.6) is 5.75 Å². The maximum Gasteiger partial charge on any atom is 0.141 e. The Morgan fingerprint density at radius 2 is 2.04 bits per heavy atom. The van der Waals surface area contributed by atoms with Crippen molar-refractivity contribution < 1.29 is 19.2 Å². The number of aryl methyl sites for hydroxylation is 3. The van der Waals surface area contributed by atoms with Crippen LogP contribution in [0.1, 0.15) is 17.1 Å². The number of hydrogen-bond acceptors (Lipinski definition) is 6. The highest BCUT2D eigenvalue weighted by atomic mass is 19.1. The third-order valence-corrected chi connectivity index (χ3v) is 3.76. The maximum atomic E-state index is 14.4. The van der Waals surface area contributed by atoms with Crippen LogP contribution < -0.4 is 0 Å². The van der Waals surface area contributed by atoms with Gasteiger partial charge in [-0.25, -0.2) is 4.39 Å². The van der Waals surface area contributed by atoms with Crippen molar-refractivity contribution >= 4 is 6.21 Å². The molecule has 0 saturated carbocycles. The van der Waals surface area contributed by atoms with Gasteiger partial charge in [0.05, 0.1) is 23.2 Å². The van der Waals surface area contributed by atoms with E-state index >= 15 is 0 Å². The van der Waals surface area contributed by atoms with Gasteiger partial charge in [0.1, 0.15) is 23.0 Å². The summed E-state index contributed by atoms with van der Waals surface area (Å²) in [5, 5.41) is 29.7. The molecule has 0 aliphatic rings. The van der Waals surface area contributed by atoms with Gasteiger partial charge < -0.3 is 14.8 Å². The molecule has 0 radical (unpaired) electrons.